The van der Waals surface area contributed by atoms with Crippen LogP contribution < -0.4 is 4.90 Å². The molecule has 0 N–H and O–H groups in total. The van der Waals surface area contributed by atoms with Crippen molar-refractivity contribution < 1.29 is 12.8 Å². The van der Waals surface area contributed by atoms with Crippen molar-refractivity contribution in [1.29, 1.82) is 0 Å². The Balaban J connectivity index is 1.85. The number of aromatic nitrogens is 1. The van der Waals surface area contributed by atoms with Gasteiger partial charge in [0.15, 0.2) is 0 Å². The molecule has 0 bridgehead atoms. The Hall–Kier alpha value is -1.83. The van der Waals surface area contributed by atoms with E-state index in [9.17, 15) is 8.42 Å². The average Bonchev–Trinajstić information content (AvgIpc) is 3.32. The van der Waals surface area contributed by atoms with Gasteiger partial charge in [0.05, 0.1) is 4.90 Å². The van der Waals surface area contributed by atoms with Gasteiger partial charge in [-0.2, -0.15) is 4.98 Å². The summed E-state index contributed by atoms with van der Waals surface area (Å²) in [6.07, 6.45) is 1.99. The molecule has 0 atom stereocenters. The van der Waals surface area contributed by atoms with Gasteiger partial charge in [0.2, 0.25) is 26.6 Å². The van der Waals surface area contributed by atoms with Gasteiger partial charge in [0.1, 0.15) is 0 Å². The summed E-state index contributed by atoms with van der Waals surface area (Å²) >= 11 is 9.27. The molecule has 0 unspecified atom stereocenters. The number of hydrogen-bond acceptors (Lipinski definition) is 5. The predicted octanol–water partition coefficient (Wildman–Crippen LogP) is 5.19. The summed E-state index contributed by atoms with van der Waals surface area (Å²) in [4.78, 5) is 6.50. The molecule has 1 fully saturated rings. The van der Waals surface area contributed by atoms with E-state index in [0.29, 0.717) is 16.5 Å². The lowest BCUT2D eigenvalue weighted by Gasteiger charge is -2.14. The molecule has 1 aliphatic heterocycles. The van der Waals surface area contributed by atoms with Crippen LogP contribution in [0.25, 0.3) is 11.5 Å². The van der Waals surface area contributed by atoms with E-state index >= 15 is 0 Å². The van der Waals surface area contributed by atoms with Gasteiger partial charge in [0, 0.05) is 28.1 Å². The third-order valence-corrected chi connectivity index (χ3v) is 6.89. The third-order valence-electron chi connectivity index (χ3n) is 4.44. The van der Waals surface area contributed by atoms with Crippen LogP contribution in [0.2, 0.25) is 5.02 Å². The highest BCUT2D eigenvalue weighted by Gasteiger charge is 2.32. The summed E-state index contributed by atoms with van der Waals surface area (Å²) in [5, 5.41) is 0.546. The summed E-state index contributed by atoms with van der Waals surface area (Å²) in [7, 11) is -3.81. The Bertz CT molecular complexity index is 1060. The molecule has 3 aromatic rings. The molecule has 2 heterocycles. The van der Waals surface area contributed by atoms with E-state index in [1.165, 1.54) is 0 Å². The molecular formula is C19H16BrClN2O3S. The summed E-state index contributed by atoms with van der Waals surface area (Å²) < 4.78 is 33.2. The van der Waals surface area contributed by atoms with Gasteiger partial charge in [-0.25, -0.2) is 8.42 Å². The van der Waals surface area contributed by atoms with E-state index in [0.717, 1.165) is 30.4 Å². The lowest BCUT2D eigenvalue weighted by atomic mass is 10.2. The number of sulfone groups is 1. The van der Waals surface area contributed by atoms with Gasteiger partial charge >= 0.3 is 0 Å². The van der Waals surface area contributed by atoms with E-state index in [1.54, 1.807) is 48.5 Å². The number of nitrogens with zero attached hydrogens (tertiary/aromatic N) is 2. The molecule has 27 heavy (non-hydrogen) atoms. The van der Waals surface area contributed by atoms with Crippen molar-refractivity contribution in [3.8, 4) is 11.5 Å². The minimum absolute atomic E-state index is 0.0447. The van der Waals surface area contributed by atoms with Crippen LogP contribution in [0, 0.1) is 0 Å². The molecule has 1 aliphatic rings. The minimum Gasteiger partial charge on any atom is -0.419 e. The first kappa shape index (κ1) is 18.5. The fourth-order valence-corrected chi connectivity index (χ4v) is 4.75. The fourth-order valence-electron chi connectivity index (χ4n) is 3.03. The molecule has 1 saturated heterocycles. The van der Waals surface area contributed by atoms with Crippen LogP contribution in [0.3, 0.4) is 0 Å². The molecule has 0 aliphatic carbocycles. The maximum atomic E-state index is 13.2. The van der Waals surface area contributed by atoms with Crippen molar-refractivity contribution in [1.82, 2.24) is 4.98 Å². The van der Waals surface area contributed by atoms with Crippen molar-refractivity contribution in [3.05, 3.63) is 58.0 Å². The zero-order chi connectivity index (χ0) is 19.0. The van der Waals surface area contributed by atoms with Gasteiger partial charge in [0.25, 0.3) is 0 Å². The maximum Gasteiger partial charge on any atom is 0.236 e. The smallest absolute Gasteiger partial charge is 0.236 e. The quantitative estimate of drug-likeness (QED) is 0.528. The van der Waals surface area contributed by atoms with Crippen LogP contribution >= 0.6 is 27.5 Å². The van der Waals surface area contributed by atoms with Gasteiger partial charge in [-0.3, -0.25) is 0 Å². The third kappa shape index (κ3) is 3.63. The Labute approximate surface area is 171 Å². The van der Waals surface area contributed by atoms with Crippen LogP contribution in [0.4, 0.5) is 5.88 Å². The first-order chi connectivity index (χ1) is 12.9. The van der Waals surface area contributed by atoms with Crippen LogP contribution in [0.1, 0.15) is 12.8 Å². The normalized spacial score (nSPS) is 14.7. The first-order valence-electron chi connectivity index (χ1n) is 8.47. The average molecular weight is 468 g/mol. The van der Waals surface area contributed by atoms with E-state index in [2.05, 4.69) is 20.9 Å². The summed E-state index contributed by atoms with van der Waals surface area (Å²) in [6.45, 7) is 1.50. The van der Waals surface area contributed by atoms with Crippen molar-refractivity contribution in [2.75, 3.05) is 18.0 Å². The first-order valence-corrected chi connectivity index (χ1v) is 11.1. The van der Waals surface area contributed by atoms with Crippen molar-refractivity contribution in [2.45, 2.75) is 22.8 Å². The molecule has 0 amide bonds. The molecule has 1 aromatic heterocycles. The Morgan fingerprint density at radius 3 is 2.26 bits per heavy atom. The second-order valence-electron chi connectivity index (χ2n) is 6.29. The SMILES string of the molecule is O=S(=O)(c1ccc(Br)cc1)c1nc(-c2ccc(Cl)cc2)oc1N1CCCC1. The molecule has 4 rings (SSSR count). The van der Waals surface area contributed by atoms with Crippen molar-refractivity contribution in [2.24, 2.45) is 0 Å². The molecule has 5 nitrogen and oxygen atoms in total. The minimum atomic E-state index is -3.81. The molecule has 0 saturated carbocycles. The molecular weight excluding hydrogens is 452 g/mol. The van der Waals surface area contributed by atoms with Gasteiger partial charge in [-0.05, 0) is 61.4 Å². The van der Waals surface area contributed by atoms with Crippen LogP contribution in [-0.4, -0.2) is 26.5 Å². The van der Waals surface area contributed by atoms with Gasteiger partial charge < -0.3 is 9.32 Å². The molecule has 0 radical (unpaired) electrons. The zero-order valence-electron chi connectivity index (χ0n) is 14.2. The summed E-state index contributed by atoms with van der Waals surface area (Å²) in [5.41, 5.74) is 0.678. The van der Waals surface area contributed by atoms with E-state index < -0.39 is 9.84 Å². The van der Waals surface area contributed by atoms with Crippen LogP contribution in [0.15, 0.2) is 67.3 Å². The standard InChI is InChI=1S/C19H16BrClN2O3S/c20-14-5-9-16(10-6-14)27(24,25)18-19(23-11-1-2-12-23)26-17(22-18)13-3-7-15(21)8-4-13/h3-10H,1-2,11-12H2. The number of oxazole rings is 1. The molecule has 140 valence electrons. The monoisotopic (exact) mass is 466 g/mol. The van der Waals surface area contributed by atoms with E-state index in [4.69, 9.17) is 16.0 Å². The largest absolute Gasteiger partial charge is 0.419 e. The predicted molar refractivity (Wildman–Crippen MR) is 108 cm³/mol. The number of benzene rings is 2. The summed E-state index contributed by atoms with van der Waals surface area (Å²) in [5.74, 6) is 0.574. The highest BCUT2D eigenvalue weighted by atomic mass is 79.9. The zero-order valence-corrected chi connectivity index (χ0v) is 17.4. The van der Waals surface area contributed by atoms with Crippen LogP contribution in [-0.2, 0) is 9.84 Å². The highest BCUT2D eigenvalue weighted by Crippen LogP contribution is 2.36. The second-order valence-corrected chi connectivity index (χ2v) is 9.50. The van der Waals surface area contributed by atoms with Gasteiger partial charge in [-0.15, -0.1) is 0 Å². The Morgan fingerprint density at radius 2 is 1.63 bits per heavy atom. The van der Waals surface area contributed by atoms with Crippen LogP contribution in [0.5, 0.6) is 0 Å². The highest BCUT2D eigenvalue weighted by molar-refractivity contribution is 9.10. The lowest BCUT2D eigenvalue weighted by molar-refractivity contribution is 0.556. The lowest BCUT2D eigenvalue weighted by Crippen LogP contribution is -2.19. The van der Waals surface area contributed by atoms with Crippen molar-refractivity contribution in [3.63, 3.8) is 0 Å². The molecule has 8 heteroatoms. The number of hydrogen-bond donors (Lipinski definition) is 0. The van der Waals surface area contributed by atoms with E-state index in [1.807, 2.05) is 4.90 Å². The fraction of sp³-hybridized carbons (Fsp3) is 0.211. The number of anilines is 1. The number of halogens is 2. The van der Waals surface area contributed by atoms with E-state index in [-0.39, 0.29) is 15.8 Å². The molecule has 2 aromatic carbocycles. The maximum absolute atomic E-state index is 13.2. The Morgan fingerprint density at radius 1 is 1.00 bits per heavy atom. The topological polar surface area (TPSA) is 63.4 Å². The van der Waals surface area contributed by atoms with Gasteiger partial charge in [-0.1, -0.05) is 27.5 Å². The number of rotatable bonds is 4. The summed E-state index contributed by atoms with van der Waals surface area (Å²) in [6, 6.07) is 13.5. The Kier molecular flexibility index (Phi) is 5.01. The molecule has 0 spiro atoms. The second kappa shape index (κ2) is 7.30. The van der Waals surface area contributed by atoms with Crippen molar-refractivity contribution >= 4 is 43.3 Å².